The van der Waals surface area contributed by atoms with E-state index in [2.05, 4.69) is 4.90 Å². The second-order valence-corrected chi connectivity index (χ2v) is 5.70. The van der Waals surface area contributed by atoms with Gasteiger partial charge in [0.2, 0.25) is 0 Å². The number of aliphatic hydroxyl groups is 2. The summed E-state index contributed by atoms with van der Waals surface area (Å²) in [6, 6.07) is 6.12. The number of halogens is 1. The molecule has 106 valence electrons. The second-order valence-electron chi connectivity index (χ2n) is 5.70. The normalized spacial score (nSPS) is 21.3. The van der Waals surface area contributed by atoms with E-state index < -0.39 is 11.7 Å². The molecule has 0 saturated carbocycles. The van der Waals surface area contributed by atoms with E-state index in [1.165, 1.54) is 12.1 Å². The number of rotatable bonds is 4. The van der Waals surface area contributed by atoms with Gasteiger partial charge >= 0.3 is 0 Å². The Morgan fingerprint density at radius 1 is 1.37 bits per heavy atom. The summed E-state index contributed by atoms with van der Waals surface area (Å²) in [4.78, 5) is 2.24. The molecule has 0 bridgehead atoms. The van der Waals surface area contributed by atoms with E-state index in [0.717, 1.165) is 32.5 Å². The van der Waals surface area contributed by atoms with Crippen LogP contribution in [0.15, 0.2) is 24.3 Å². The fourth-order valence-electron chi connectivity index (χ4n) is 2.44. The zero-order valence-electron chi connectivity index (χ0n) is 11.3. The van der Waals surface area contributed by atoms with E-state index in [9.17, 15) is 14.6 Å². The van der Waals surface area contributed by atoms with Gasteiger partial charge in [-0.25, -0.2) is 4.39 Å². The van der Waals surface area contributed by atoms with Gasteiger partial charge in [-0.3, -0.25) is 0 Å². The van der Waals surface area contributed by atoms with Crippen molar-refractivity contribution in [2.45, 2.75) is 37.9 Å². The molecule has 1 aromatic carbocycles. The first-order chi connectivity index (χ1) is 8.96. The SMILES string of the molecule is CC1(O)CCN(CCC(O)c2cccc(F)c2)CC1. The molecule has 1 aromatic rings. The summed E-state index contributed by atoms with van der Waals surface area (Å²) >= 11 is 0. The van der Waals surface area contributed by atoms with Crippen molar-refractivity contribution in [2.24, 2.45) is 0 Å². The molecule has 4 heteroatoms. The van der Waals surface area contributed by atoms with Gasteiger partial charge in [0.15, 0.2) is 0 Å². The van der Waals surface area contributed by atoms with Crippen LogP contribution >= 0.6 is 0 Å². The van der Waals surface area contributed by atoms with Crippen LogP contribution in [-0.2, 0) is 0 Å². The van der Waals surface area contributed by atoms with Gasteiger partial charge in [-0.1, -0.05) is 12.1 Å². The third-order valence-corrected chi connectivity index (χ3v) is 3.89. The van der Waals surface area contributed by atoms with E-state index in [1.54, 1.807) is 12.1 Å². The largest absolute Gasteiger partial charge is 0.390 e. The predicted molar refractivity (Wildman–Crippen MR) is 72.3 cm³/mol. The van der Waals surface area contributed by atoms with Crippen molar-refractivity contribution in [3.63, 3.8) is 0 Å². The summed E-state index contributed by atoms with van der Waals surface area (Å²) in [5, 5.41) is 19.9. The molecule has 1 heterocycles. The molecular weight excluding hydrogens is 245 g/mol. The fraction of sp³-hybridized carbons (Fsp3) is 0.600. The van der Waals surface area contributed by atoms with Crippen LogP contribution in [0.1, 0.15) is 37.9 Å². The highest BCUT2D eigenvalue weighted by Crippen LogP contribution is 2.23. The number of piperidine rings is 1. The zero-order valence-corrected chi connectivity index (χ0v) is 11.3. The first kappa shape index (κ1) is 14.4. The number of aliphatic hydroxyl groups excluding tert-OH is 1. The van der Waals surface area contributed by atoms with Crippen molar-refractivity contribution in [3.8, 4) is 0 Å². The van der Waals surface area contributed by atoms with E-state index in [-0.39, 0.29) is 5.82 Å². The Balaban J connectivity index is 1.80. The maximum absolute atomic E-state index is 13.1. The minimum absolute atomic E-state index is 0.314. The van der Waals surface area contributed by atoms with Gasteiger partial charge in [0.25, 0.3) is 0 Å². The third-order valence-electron chi connectivity index (χ3n) is 3.89. The van der Waals surface area contributed by atoms with Gasteiger partial charge in [-0.15, -0.1) is 0 Å². The first-order valence-electron chi connectivity index (χ1n) is 6.84. The van der Waals surface area contributed by atoms with E-state index >= 15 is 0 Å². The van der Waals surface area contributed by atoms with E-state index in [1.807, 2.05) is 6.92 Å². The summed E-state index contributed by atoms with van der Waals surface area (Å²) in [5.74, 6) is -0.314. The van der Waals surface area contributed by atoms with Gasteiger partial charge in [0.1, 0.15) is 5.82 Å². The van der Waals surface area contributed by atoms with Crippen LogP contribution < -0.4 is 0 Å². The molecular formula is C15H22FNO2. The molecule has 0 aromatic heterocycles. The number of hydrogen-bond acceptors (Lipinski definition) is 3. The van der Waals surface area contributed by atoms with Crippen molar-refractivity contribution in [3.05, 3.63) is 35.6 Å². The van der Waals surface area contributed by atoms with Gasteiger partial charge in [0.05, 0.1) is 11.7 Å². The molecule has 1 aliphatic heterocycles. The maximum atomic E-state index is 13.1. The highest BCUT2D eigenvalue weighted by atomic mass is 19.1. The molecule has 2 N–H and O–H groups in total. The minimum Gasteiger partial charge on any atom is -0.390 e. The lowest BCUT2D eigenvalue weighted by atomic mass is 9.93. The molecule has 19 heavy (non-hydrogen) atoms. The summed E-state index contributed by atoms with van der Waals surface area (Å²) in [6.07, 6.45) is 1.50. The van der Waals surface area contributed by atoms with Crippen LogP contribution in [0.25, 0.3) is 0 Å². The second kappa shape index (κ2) is 5.99. The molecule has 0 amide bonds. The van der Waals surface area contributed by atoms with Gasteiger partial charge in [-0.05, 0) is 43.9 Å². The molecule has 2 rings (SSSR count). The average Bonchev–Trinajstić information content (AvgIpc) is 2.37. The Labute approximate surface area is 113 Å². The van der Waals surface area contributed by atoms with E-state index in [0.29, 0.717) is 12.0 Å². The Bertz CT molecular complexity index is 412. The monoisotopic (exact) mass is 267 g/mol. The van der Waals surface area contributed by atoms with Crippen LogP contribution in [0, 0.1) is 5.82 Å². The minimum atomic E-state index is -0.627. The van der Waals surface area contributed by atoms with Crippen LogP contribution in [0.2, 0.25) is 0 Å². The standard InChI is InChI=1S/C15H22FNO2/c1-15(19)6-9-17(10-7-15)8-5-14(18)12-3-2-4-13(16)11-12/h2-4,11,14,18-19H,5-10H2,1H3. The molecule has 1 aliphatic rings. The third kappa shape index (κ3) is 4.27. The number of likely N-dealkylation sites (tertiary alicyclic amines) is 1. The molecule has 1 unspecified atom stereocenters. The molecule has 0 radical (unpaired) electrons. The Kier molecular flexibility index (Phi) is 4.55. The lowest BCUT2D eigenvalue weighted by Crippen LogP contribution is -2.42. The number of nitrogens with zero attached hydrogens (tertiary/aromatic N) is 1. The smallest absolute Gasteiger partial charge is 0.123 e. The maximum Gasteiger partial charge on any atom is 0.123 e. The molecule has 3 nitrogen and oxygen atoms in total. The molecule has 1 fully saturated rings. The number of benzene rings is 1. The fourth-order valence-corrected chi connectivity index (χ4v) is 2.44. The van der Waals surface area contributed by atoms with Crippen molar-refractivity contribution in [1.29, 1.82) is 0 Å². The average molecular weight is 267 g/mol. The van der Waals surface area contributed by atoms with Crippen molar-refractivity contribution in [2.75, 3.05) is 19.6 Å². The predicted octanol–water partition coefficient (Wildman–Crippen LogP) is 2.10. The molecule has 1 saturated heterocycles. The topological polar surface area (TPSA) is 43.7 Å². The summed E-state index contributed by atoms with van der Waals surface area (Å²) < 4.78 is 13.1. The summed E-state index contributed by atoms with van der Waals surface area (Å²) in [7, 11) is 0. The first-order valence-corrected chi connectivity index (χ1v) is 6.84. The summed E-state index contributed by atoms with van der Waals surface area (Å²) in [5.41, 5.74) is 0.0847. The quantitative estimate of drug-likeness (QED) is 0.878. The van der Waals surface area contributed by atoms with Crippen molar-refractivity contribution in [1.82, 2.24) is 4.90 Å². The molecule has 1 atom stereocenters. The van der Waals surface area contributed by atoms with E-state index in [4.69, 9.17) is 0 Å². The van der Waals surface area contributed by atoms with Gasteiger partial charge in [0, 0.05) is 19.6 Å². The molecule has 0 spiro atoms. The highest BCUT2D eigenvalue weighted by Gasteiger charge is 2.27. The number of hydrogen-bond donors (Lipinski definition) is 2. The van der Waals surface area contributed by atoms with Gasteiger partial charge < -0.3 is 15.1 Å². The van der Waals surface area contributed by atoms with Crippen LogP contribution in [0.5, 0.6) is 0 Å². The van der Waals surface area contributed by atoms with Crippen molar-refractivity contribution < 1.29 is 14.6 Å². The highest BCUT2D eigenvalue weighted by molar-refractivity contribution is 5.18. The molecule has 0 aliphatic carbocycles. The van der Waals surface area contributed by atoms with Crippen LogP contribution in [0.4, 0.5) is 4.39 Å². The Morgan fingerprint density at radius 3 is 2.68 bits per heavy atom. The lowest BCUT2D eigenvalue weighted by molar-refractivity contribution is -0.00814. The van der Waals surface area contributed by atoms with Crippen molar-refractivity contribution >= 4 is 0 Å². The summed E-state index contributed by atoms with van der Waals surface area (Å²) in [6.45, 7) is 4.34. The Morgan fingerprint density at radius 2 is 2.05 bits per heavy atom. The zero-order chi connectivity index (χ0) is 13.9. The van der Waals surface area contributed by atoms with Gasteiger partial charge in [-0.2, -0.15) is 0 Å². The van der Waals surface area contributed by atoms with Crippen LogP contribution in [-0.4, -0.2) is 40.3 Å². The Hall–Kier alpha value is -0.970. The van der Waals surface area contributed by atoms with Crippen LogP contribution in [0.3, 0.4) is 0 Å². The lowest BCUT2D eigenvalue weighted by Gasteiger charge is -2.36.